The first-order chi connectivity index (χ1) is 10.5. The smallest absolute Gasteiger partial charge is 0.305 e. The Bertz CT molecular complexity index is 553. The number of carbonyl (C=O) groups is 2. The fourth-order valence-corrected chi connectivity index (χ4v) is 2.36. The molecule has 22 heavy (non-hydrogen) atoms. The summed E-state index contributed by atoms with van der Waals surface area (Å²) in [6.07, 6.45) is 1.88. The predicted molar refractivity (Wildman–Crippen MR) is 80.4 cm³/mol. The molecular weight excluding hydrogens is 286 g/mol. The van der Waals surface area contributed by atoms with E-state index in [0.717, 1.165) is 12.8 Å². The molecule has 0 aliphatic heterocycles. The second kappa shape index (κ2) is 7.15. The van der Waals surface area contributed by atoms with Crippen molar-refractivity contribution in [1.29, 1.82) is 0 Å². The van der Waals surface area contributed by atoms with Crippen molar-refractivity contribution < 1.29 is 24.2 Å². The molecule has 1 amide bonds. The lowest BCUT2D eigenvalue weighted by atomic mass is 10.1. The summed E-state index contributed by atoms with van der Waals surface area (Å²) in [4.78, 5) is 23.2. The summed E-state index contributed by atoms with van der Waals surface area (Å²) < 4.78 is 10.6. The van der Waals surface area contributed by atoms with Crippen LogP contribution in [0.3, 0.4) is 0 Å². The van der Waals surface area contributed by atoms with Gasteiger partial charge >= 0.3 is 5.97 Å². The summed E-state index contributed by atoms with van der Waals surface area (Å²) in [6.45, 7) is 2.37. The van der Waals surface area contributed by atoms with Crippen molar-refractivity contribution in [3.8, 4) is 11.5 Å². The maximum Gasteiger partial charge on any atom is 0.305 e. The molecule has 2 rings (SSSR count). The first kappa shape index (κ1) is 16.1. The number of aliphatic carboxylic acids is 1. The van der Waals surface area contributed by atoms with Crippen LogP contribution in [0, 0.1) is 5.92 Å². The van der Waals surface area contributed by atoms with Gasteiger partial charge in [-0.2, -0.15) is 0 Å². The molecule has 1 aromatic rings. The van der Waals surface area contributed by atoms with Crippen molar-refractivity contribution in [2.75, 3.05) is 13.7 Å². The summed E-state index contributed by atoms with van der Waals surface area (Å²) >= 11 is 0. The van der Waals surface area contributed by atoms with E-state index in [1.54, 1.807) is 18.2 Å². The van der Waals surface area contributed by atoms with E-state index in [2.05, 4.69) is 5.32 Å². The van der Waals surface area contributed by atoms with E-state index in [4.69, 9.17) is 14.6 Å². The molecule has 0 saturated heterocycles. The number of ether oxygens (including phenoxy) is 2. The molecule has 0 heterocycles. The SMILES string of the molecule is CCOc1ccc(C(=O)NC(CC(=O)O)C2CC2)cc1OC. The third-order valence-electron chi connectivity index (χ3n) is 3.63. The van der Waals surface area contributed by atoms with Gasteiger partial charge in [0.1, 0.15) is 0 Å². The van der Waals surface area contributed by atoms with Crippen LogP contribution in [0.15, 0.2) is 18.2 Å². The molecule has 1 fully saturated rings. The molecule has 2 N–H and O–H groups in total. The van der Waals surface area contributed by atoms with Crippen molar-refractivity contribution in [3.63, 3.8) is 0 Å². The number of nitrogens with one attached hydrogen (secondary N) is 1. The van der Waals surface area contributed by atoms with E-state index in [1.807, 2.05) is 6.92 Å². The number of carboxylic acid groups (broad SMARTS) is 1. The zero-order chi connectivity index (χ0) is 16.1. The average molecular weight is 307 g/mol. The largest absolute Gasteiger partial charge is 0.493 e. The number of carbonyl (C=O) groups excluding carboxylic acids is 1. The molecule has 1 saturated carbocycles. The van der Waals surface area contributed by atoms with Gasteiger partial charge in [0.15, 0.2) is 11.5 Å². The third kappa shape index (κ3) is 4.13. The van der Waals surface area contributed by atoms with Crippen molar-refractivity contribution in [2.24, 2.45) is 5.92 Å². The number of amides is 1. The minimum absolute atomic E-state index is 0.0510. The van der Waals surface area contributed by atoms with E-state index in [0.29, 0.717) is 23.7 Å². The maximum atomic E-state index is 12.3. The standard InChI is InChI=1S/C16H21NO5/c1-3-22-13-7-6-11(8-14(13)21-2)16(20)17-12(9-15(18)19)10-4-5-10/h6-8,10,12H,3-5,9H2,1-2H3,(H,17,20)(H,18,19). The number of hydrogen-bond acceptors (Lipinski definition) is 4. The van der Waals surface area contributed by atoms with Crippen LogP contribution in [0.4, 0.5) is 0 Å². The highest BCUT2D eigenvalue weighted by molar-refractivity contribution is 5.95. The molecule has 1 aliphatic rings. The highest BCUT2D eigenvalue weighted by atomic mass is 16.5. The molecule has 1 unspecified atom stereocenters. The van der Waals surface area contributed by atoms with Gasteiger partial charge in [-0.15, -0.1) is 0 Å². The van der Waals surface area contributed by atoms with Crippen molar-refractivity contribution in [2.45, 2.75) is 32.2 Å². The minimum Gasteiger partial charge on any atom is -0.493 e. The Kier molecular flexibility index (Phi) is 5.25. The minimum atomic E-state index is -0.901. The monoisotopic (exact) mass is 307 g/mol. The summed E-state index contributed by atoms with van der Waals surface area (Å²) in [6, 6.07) is 4.61. The van der Waals surface area contributed by atoms with E-state index < -0.39 is 5.97 Å². The summed E-state index contributed by atoms with van der Waals surface area (Å²) in [7, 11) is 1.51. The molecule has 0 spiro atoms. The molecule has 120 valence electrons. The van der Waals surface area contributed by atoms with Gasteiger partial charge in [-0.05, 0) is 43.9 Å². The van der Waals surface area contributed by atoms with E-state index >= 15 is 0 Å². The van der Waals surface area contributed by atoms with E-state index in [9.17, 15) is 9.59 Å². The molecule has 0 bridgehead atoms. The number of carboxylic acids is 1. The molecule has 1 atom stereocenters. The van der Waals surface area contributed by atoms with Gasteiger partial charge in [-0.25, -0.2) is 0 Å². The Morgan fingerprint density at radius 2 is 2.09 bits per heavy atom. The molecule has 0 radical (unpaired) electrons. The quantitative estimate of drug-likeness (QED) is 0.768. The van der Waals surface area contributed by atoms with Crippen LogP contribution in [-0.4, -0.2) is 36.7 Å². The Morgan fingerprint density at radius 1 is 1.36 bits per heavy atom. The van der Waals surface area contributed by atoms with Crippen LogP contribution < -0.4 is 14.8 Å². The highest BCUT2D eigenvalue weighted by Crippen LogP contribution is 2.34. The predicted octanol–water partition coefficient (Wildman–Crippen LogP) is 2.08. The molecule has 1 aliphatic carbocycles. The van der Waals surface area contributed by atoms with Gasteiger partial charge in [0.2, 0.25) is 0 Å². The molecule has 0 aromatic heterocycles. The first-order valence-corrected chi connectivity index (χ1v) is 7.38. The van der Waals surface area contributed by atoms with Gasteiger partial charge in [-0.1, -0.05) is 0 Å². The second-order valence-corrected chi connectivity index (χ2v) is 5.31. The topological polar surface area (TPSA) is 84.9 Å². The van der Waals surface area contributed by atoms with Gasteiger partial charge in [0.05, 0.1) is 20.1 Å². The normalized spacial score (nSPS) is 15.0. The summed E-state index contributed by atoms with van der Waals surface area (Å²) in [5, 5.41) is 11.7. The molecule has 6 nitrogen and oxygen atoms in total. The zero-order valence-electron chi connectivity index (χ0n) is 12.8. The summed E-state index contributed by atoms with van der Waals surface area (Å²) in [5.41, 5.74) is 0.427. The Balaban J connectivity index is 2.09. The molecule has 1 aromatic carbocycles. The van der Waals surface area contributed by atoms with Gasteiger partial charge in [-0.3, -0.25) is 9.59 Å². The fourth-order valence-electron chi connectivity index (χ4n) is 2.36. The molecular formula is C16H21NO5. The lowest BCUT2D eigenvalue weighted by molar-refractivity contribution is -0.137. The lowest BCUT2D eigenvalue weighted by Crippen LogP contribution is -2.38. The Labute approximate surface area is 129 Å². The van der Waals surface area contributed by atoms with Crippen LogP contribution in [-0.2, 0) is 4.79 Å². The number of hydrogen-bond donors (Lipinski definition) is 2. The van der Waals surface area contributed by atoms with Crippen molar-refractivity contribution in [1.82, 2.24) is 5.32 Å². The maximum absolute atomic E-state index is 12.3. The Morgan fingerprint density at radius 3 is 2.64 bits per heavy atom. The third-order valence-corrected chi connectivity index (χ3v) is 3.63. The second-order valence-electron chi connectivity index (χ2n) is 5.31. The first-order valence-electron chi connectivity index (χ1n) is 7.38. The van der Waals surface area contributed by atoms with Gasteiger partial charge in [0.25, 0.3) is 5.91 Å². The number of rotatable bonds is 8. The highest BCUT2D eigenvalue weighted by Gasteiger charge is 2.34. The van der Waals surface area contributed by atoms with Crippen LogP contribution in [0.5, 0.6) is 11.5 Å². The molecule has 6 heteroatoms. The summed E-state index contributed by atoms with van der Waals surface area (Å²) in [5.74, 6) is 0.132. The van der Waals surface area contributed by atoms with E-state index in [1.165, 1.54) is 7.11 Å². The van der Waals surface area contributed by atoms with Crippen LogP contribution >= 0.6 is 0 Å². The average Bonchev–Trinajstić information content (AvgIpc) is 3.31. The van der Waals surface area contributed by atoms with Crippen molar-refractivity contribution >= 4 is 11.9 Å². The van der Waals surface area contributed by atoms with Crippen LogP contribution in [0.1, 0.15) is 36.5 Å². The van der Waals surface area contributed by atoms with E-state index in [-0.39, 0.29) is 24.3 Å². The number of benzene rings is 1. The fraction of sp³-hybridized carbons (Fsp3) is 0.500. The van der Waals surface area contributed by atoms with Gasteiger partial charge in [0, 0.05) is 11.6 Å². The van der Waals surface area contributed by atoms with Crippen molar-refractivity contribution in [3.05, 3.63) is 23.8 Å². The van der Waals surface area contributed by atoms with Crippen LogP contribution in [0.2, 0.25) is 0 Å². The number of methoxy groups -OCH3 is 1. The zero-order valence-corrected chi connectivity index (χ0v) is 12.8. The van der Waals surface area contributed by atoms with Gasteiger partial charge < -0.3 is 19.9 Å². The Hall–Kier alpha value is -2.24. The van der Waals surface area contributed by atoms with Crippen LogP contribution in [0.25, 0.3) is 0 Å². The lowest BCUT2D eigenvalue weighted by Gasteiger charge is -2.17.